The van der Waals surface area contributed by atoms with Gasteiger partial charge >= 0.3 is 5.97 Å². The predicted molar refractivity (Wildman–Crippen MR) is 84.8 cm³/mol. The van der Waals surface area contributed by atoms with Crippen LogP contribution in [0.25, 0.3) is 0 Å². The highest BCUT2D eigenvalue weighted by Gasteiger charge is 2.32. The zero-order valence-corrected chi connectivity index (χ0v) is 13.6. The average molecular weight is 322 g/mol. The highest BCUT2D eigenvalue weighted by Crippen LogP contribution is 2.29. The van der Waals surface area contributed by atoms with Crippen LogP contribution in [-0.2, 0) is 14.3 Å². The third-order valence-electron chi connectivity index (χ3n) is 3.79. The van der Waals surface area contributed by atoms with Crippen LogP contribution in [0.3, 0.4) is 0 Å². The van der Waals surface area contributed by atoms with E-state index in [2.05, 4.69) is 5.32 Å². The number of nitrogens with zero attached hydrogens (tertiary/aromatic N) is 1. The van der Waals surface area contributed by atoms with E-state index in [0.717, 1.165) is 0 Å². The first kappa shape index (κ1) is 17.1. The molecule has 0 aliphatic carbocycles. The fourth-order valence-electron chi connectivity index (χ4n) is 2.56. The number of carbonyl (C=O) groups excluding carboxylic acids is 2. The molecule has 0 spiro atoms. The summed E-state index contributed by atoms with van der Waals surface area (Å²) in [6.45, 7) is 3.68. The second-order valence-corrected chi connectivity index (χ2v) is 5.13. The number of rotatable bonds is 6. The maximum absolute atomic E-state index is 12.2. The van der Waals surface area contributed by atoms with Crippen LogP contribution in [0.1, 0.15) is 13.3 Å². The number of amides is 1. The molecule has 1 unspecified atom stereocenters. The van der Waals surface area contributed by atoms with Crippen molar-refractivity contribution in [2.75, 3.05) is 39.2 Å². The van der Waals surface area contributed by atoms with Crippen molar-refractivity contribution in [2.45, 2.75) is 19.4 Å². The van der Waals surface area contributed by atoms with Gasteiger partial charge in [0.15, 0.2) is 11.5 Å². The second kappa shape index (κ2) is 7.82. The van der Waals surface area contributed by atoms with Crippen molar-refractivity contribution in [3.05, 3.63) is 18.2 Å². The number of anilines is 1. The number of cyclic esters (lactones) is 1. The van der Waals surface area contributed by atoms with Crippen molar-refractivity contribution in [1.29, 1.82) is 0 Å². The van der Waals surface area contributed by atoms with Crippen LogP contribution in [-0.4, -0.2) is 56.7 Å². The van der Waals surface area contributed by atoms with E-state index in [1.165, 1.54) is 7.11 Å². The molecule has 1 aromatic rings. The average Bonchev–Trinajstić information content (AvgIpc) is 2.56. The van der Waals surface area contributed by atoms with E-state index < -0.39 is 6.04 Å². The number of nitrogens with one attached hydrogen (secondary N) is 1. The third-order valence-corrected chi connectivity index (χ3v) is 3.79. The van der Waals surface area contributed by atoms with Gasteiger partial charge in [0.05, 0.1) is 20.6 Å². The lowest BCUT2D eigenvalue weighted by Crippen LogP contribution is -2.50. The Hall–Kier alpha value is -2.28. The van der Waals surface area contributed by atoms with Gasteiger partial charge in [0.1, 0.15) is 12.6 Å². The number of methoxy groups -OCH3 is 2. The Kier molecular flexibility index (Phi) is 5.81. The number of hydrogen-bond acceptors (Lipinski definition) is 6. The van der Waals surface area contributed by atoms with Gasteiger partial charge in [0.2, 0.25) is 5.91 Å². The molecule has 7 nitrogen and oxygen atoms in total. The van der Waals surface area contributed by atoms with Crippen molar-refractivity contribution in [3.8, 4) is 11.5 Å². The lowest BCUT2D eigenvalue weighted by molar-refractivity contribution is -0.158. The molecular formula is C16H22N2O5. The Morgan fingerprint density at radius 1 is 1.35 bits per heavy atom. The van der Waals surface area contributed by atoms with Crippen LogP contribution in [0, 0.1) is 0 Å². The zero-order chi connectivity index (χ0) is 16.8. The second-order valence-electron chi connectivity index (χ2n) is 5.13. The first-order valence-corrected chi connectivity index (χ1v) is 7.51. The quantitative estimate of drug-likeness (QED) is 0.795. The summed E-state index contributed by atoms with van der Waals surface area (Å²) in [6.07, 6.45) is 0.0566. The van der Waals surface area contributed by atoms with Crippen LogP contribution >= 0.6 is 0 Å². The highest BCUT2D eigenvalue weighted by atomic mass is 16.5. The zero-order valence-electron chi connectivity index (χ0n) is 13.6. The summed E-state index contributed by atoms with van der Waals surface area (Å²) in [5.41, 5.74) is 0.583. The molecule has 126 valence electrons. The molecule has 1 heterocycles. The van der Waals surface area contributed by atoms with Gasteiger partial charge in [-0.2, -0.15) is 0 Å². The van der Waals surface area contributed by atoms with Crippen LogP contribution in [0.15, 0.2) is 18.2 Å². The summed E-state index contributed by atoms with van der Waals surface area (Å²) in [4.78, 5) is 26.0. The van der Waals surface area contributed by atoms with E-state index in [1.54, 1.807) is 25.3 Å². The minimum Gasteiger partial charge on any atom is -0.493 e. The summed E-state index contributed by atoms with van der Waals surface area (Å²) in [5.74, 6) is 0.510. The lowest BCUT2D eigenvalue weighted by atomic mass is 10.1. The summed E-state index contributed by atoms with van der Waals surface area (Å²) in [5, 5.41) is 2.77. The van der Waals surface area contributed by atoms with Gasteiger partial charge in [-0.05, 0) is 18.7 Å². The predicted octanol–water partition coefficient (Wildman–Crippen LogP) is 1.28. The number of ether oxygens (including phenoxy) is 3. The normalized spacial score (nSPS) is 18.2. The molecule has 2 rings (SSSR count). The van der Waals surface area contributed by atoms with Crippen molar-refractivity contribution >= 4 is 17.6 Å². The van der Waals surface area contributed by atoms with Crippen molar-refractivity contribution in [3.63, 3.8) is 0 Å². The first-order valence-electron chi connectivity index (χ1n) is 7.51. The molecule has 1 atom stereocenters. The van der Waals surface area contributed by atoms with Gasteiger partial charge in [-0.25, -0.2) is 0 Å². The fourth-order valence-corrected chi connectivity index (χ4v) is 2.56. The van der Waals surface area contributed by atoms with Gasteiger partial charge in [-0.1, -0.05) is 6.92 Å². The molecule has 0 saturated carbocycles. The first-order chi connectivity index (χ1) is 11.1. The van der Waals surface area contributed by atoms with E-state index >= 15 is 0 Å². The topological polar surface area (TPSA) is 77.1 Å². The van der Waals surface area contributed by atoms with Gasteiger partial charge in [-0.15, -0.1) is 0 Å². The Morgan fingerprint density at radius 2 is 2.09 bits per heavy atom. The third kappa shape index (κ3) is 4.13. The molecule has 0 aromatic heterocycles. The minimum absolute atomic E-state index is 0.0566. The Balaban J connectivity index is 2.02. The van der Waals surface area contributed by atoms with Gasteiger partial charge in [0, 0.05) is 18.3 Å². The van der Waals surface area contributed by atoms with E-state index in [4.69, 9.17) is 14.2 Å². The number of carbonyl (C=O) groups is 2. The van der Waals surface area contributed by atoms with Crippen molar-refractivity contribution in [2.24, 2.45) is 0 Å². The van der Waals surface area contributed by atoms with Gasteiger partial charge in [0.25, 0.3) is 0 Å². The maximum atomic E-state index is 12.2. The van der Waals surface area contributed by atoms with Crippen LogP contribution in [0.5, 0.6) is 11.5 Å². The van der Waals surface area contributed by atoms with E-state index in [9.17, 15) is 9.59 Å². The largest absolute Gasteiger partial charge is 0.493 e. The molecule has 1 aliphatic rings. The molecule has 1 N–H and O–H groups in total. The Bertz CT molecular complexity index is 576. The summed E-state index contributed by atoms with van der Waals surface area (Å²) in [7, 11) is 3.07. The Morgan fingerprint density at radius 3 is 2.74 bits per heavy atom. The summed E-state index contributed by atoms with van der Waals surface area (Å²) in [6, 6.07) is 4.57. The maximum Gasteiger partial charge on any atom is 0.323 e. The molecule has 1 aromatic carbocycles. The summed E-state index contributed by atoms with van der Waals surface area (Å²) < 4.78 is 15.4. The van der Waals surface area contributed by atoms with Gasteiger partial charge < -0.3 is 19.5 Å². The smallest absolute Gasteiger partial charge is 0.323 e. The van der Waals surface area contributed by atoms with E-state index in [1.807, 2.05) is 11.8 Å². The van der Waals surface area contributed by atoms with Crippen LogP contribution < -0.4 is 14.8 Å². The van der Waals surface area contributed by atoms with Crippen LogP contribution in [0.4, 0.5) is 5.69 Å². The van der Waals surface area contributed by atoms with Crippen molar-refractivity contribution < 1.29 is 23.8 Å². The molecule has 1 saturated heterocycles. The van der Waals surface area contributed by atoms with E-state index in [-0.39, 0.29) is 18.3 Å². The molecule has 7 heteroatoms. The molecule has 1 fully saturated rings. The lowest BCUT2D eigenvalue weighted by Gasteiger charge is -2.32. The molecular weight excluding hydrogens is 300 g/mol. The van der Waals surface area contributed by atoms with E-state index in [0.29, 0.717) is 36.9 Å². The number of esters is 1. The molecule has 1 aliphatic heterocycles. The number of likely N-dealkylation sites (N-methyl/N-ethyl adjacent to an activating group) is 1. The molecule has 23 heavy (non-hydrogen) atoms. The SMILES string of the molecule is CCN1CCOC(=O)C1CC(=O)Nc1ccc(OC)c(OC)c1. The molecule has 1 amide bonds. The highest BCUT2D eigenvalue weighted by molar-refractivity contribution is 5.94. The number of morpholine rings is 1. The molecule has 0 radical (unpaired) electrons. The number of benzene rings is 1. The Labute approximate surface area is 135 Å². The standard InChI is InChI=1S/C16H22N2O5/c1-4-18-7-8-23-16(20)12(18)10-15(19)17-11-5-6-13(21-2)14(9-11)22-3/h5-6,9,12H,4,7-8,10H2,1-3H3,(H,17,19). The molecule has 0 bridgehead atoms. The van der Waals surface area contributed by atoms with Gasteiger partial charge in [-0.3, -0.25) is 14.5 Å². The fraction of sp³-hybridized carbons (Fsp3) is 0.500. The monoisotopic (exact) mass is 322 g/mol. The van der Waals surface area contributed by atoms with Crippen molar-refractivity contribution in [1.82, 2.24) is 4.90 Å². The number of hydrogen-bond donors (Lipinski definition) is 1. The minimum atomic E-state index is -0.533. The summed E-state index contributed by atoms with van der Waals surface area (Å²) >= 11 is 0. The van der Waals surface area contributed by atoms with Crippen LogP contribution in [0.2, 0.25) is 0 Å².